The summed E-state index contributed by atoms with van der Waals surface area (Å²) in [7, 11) is 0. The summed E-state index contributed by atoms with van der Waals surface area (Å²) < 4.78 is 0. The van der Waals surface area contributed by atoms with Crippen LogP contribution in [0.25, 0.3) is 0 Å². The summed E-state index contributed by atoms with van der Waals surface area (Å²) in [5, 5.41) is 5.82. The van der Waals surface area contributed by atoms with Gasteiger partial charge in [-0.15, -0.1) is 0 Å². The molecular formula is C13H28N4O. The van der Waals surface area contributed by atoms with Crippen LogP contribution in [0.4, 0.5) is 0 Å². The Kier molecular flexibility index (Phi) is 7.39. The summed E-state index contributed by atoms with van der Waals surface area (Å²) in [6, 6.07) is 0. The van der Waals surface area contributed by atoms with Gasteiger partial charge in [0.1, 0.15) is 0 Å². The van der Waals surface area contributed by atoms with Gasteiger partial charge in [-0.25, -0.2) is 0 Å². The van der Waals surface area contributed by atoms with E-state index in [1.165, 1.54) is 0 Å². The Morgan fingerprint density at radius 1 is 1.22 bits per heavy atom. The molecule has 0 aromatic heterocycles. The molecule has 0 unspecified atom stereocenters. The smallest absolute Gasteiger partial charge is 0.225 e. The van der Waals surface area contributed by atoms with Gasteiger partial charge in [-0.1, -0.05) is 34.6 Å². The van der Waals surface area contributed by atoms with Gasteiger partial charge in [-0.3, -0.25) is 9.79 Å². The van der Waals surface area contributed by atoms with Crippen LogP contribution >= 0.6 is 0 Å². The molecule has 0 aromatic carbocycles. The first kappa shape index (κ1) is 16.7. The Morgan fingerprint density at radius 2 is 1.78 bits per heavy atom. The SMILES string of the molecule is CC(C)CCN=C(N)NCCNC(=O)C(C)(C)C. The summed E-state index contributed by atoms with van der Waals surface area (Å²) >= 11 is 0. The van der Waals surface area contributed by atoms with Gasteiger partial charge >= 0.3 is 0 Å². The molecular weight excluding hydrogens is 228 g/mol. The topological polar surface area (TPSA) is 79.5 Å². The minimum atomic E-state index is -0.350. The molecule has 0 bridgehead atoms. The molecule has 0 rings (SSSR count). The standard InChI is InChI=1S/C13H28N4O/c1-10(2)6-7-16-12(14)17-9-8-15-11(18)13(3,4)5/h10H,6-9H2,1-5H3,(H,15,18)(H3,14,16,17). The number of nitrogens with two attached hydrogens (primary N) is 1. The monoisotopic (exact) mass is 256 g/mol. The number of hydrogen-bond donors (Lipinski definition) is 3. The summed E-state index contributed by atoms with van der Waals surface area (Å²) in [4.78, 5) is 15.8. The zero-order chi connectivity index (χ0) is 14.2. The third-order valence-electron chi connectivity index (χ3n) is 2.39. The lowest BCUT2D eigenvalue weighted by Crippen LogP contribution is -2.41. The van der Waals surface area contributed by atoms with Crippen molar-refractivity contribution < 1.29 is 4.79 Å². The number of carbonyl (C=O) groups excluding carboxylic acids is 1. The molecule has 106 valence electrons. The van der Waals surface area contributed by atoms with E-state index in [2.05, 4.69) is 29.5 Å². The molecule has 0 saturated heterocycles. The Balaban J connectivity index is 3.69. The van der Waals surface area contributed by atoms with Crippen LogP contribution in [0.2, 0.25) is 0 Å². The lowest BCUT2D eigenvalue weighted by molar-refractivity contribution is -0.128. The molecule has 0 spiro atoms. The minimum Gasteiger partial charge on any atom is -0.370 e. The first-order valence-electron chi connectivity index (χ1n) is 6.55. The number of carbonyl (C=O) groups is 1. The van der Waals surface area contributed by atoms with E-state index < -0.39 is 0 Å². The minimum absolute atomic E-state index is 0.0413. The van der Waals surface area contributed by atoms with Crippen LogP contribution in [-0.2, 0) is 4.79 Å². The lowest BCUT2D eigenvalue weighted by atomic mass is 9.96. The summed E-state index contributed by atoms with van der Waals surface area (Å²) in [5.74, 6) is 1.12. The maximum atomic E-state index is 11.6. The van der Waals surface area contributed by atoms with E-state index in [-0.39, 0.29) is 11.3 Å². The second-order valence-corrected chi connectivity index (χ2v) is 5.88. The van der Waals surface area contributed by atoms with Crippen molar-refractivity contribution in [3.05, 3.63) is 0 Å². The van der Waals surface area contributed by atoms with E-state index in [4.69, 9.17) is 5.73 Å². The highest BCUT2D eigenvalue weighted by Gasteiger charge is 2.20. The Morgan fingerprint density at radius 3 is 2.28 bits per heavy atom. The fourth-order valence-corrected chi connectivity index (χ4v) is 1.13. The van der Waals surface area contributed by atoms with Crippen LogP contribution < -0.4 is 16.4 Å². The zero-order valence-corrected chi connectivity index (χ0v) is 12.3. The average molecular weight is 256 g/mol. The van der Waals surface area contributed by atoms with Crippen molar-refractivity contribution >= 4 is 11.9 Å². The molecule has 0 aliphatic heterocycles. The molecule has 0 saturated carbocycles. The van der Waals surface area contributed by atoms with Gasteiger partial charge in [-0.2, -0.15) is 0 Å². The van der Waals surface area contributed by atoms with Crippen molar-refractivity contribution in [1.29, 1.82) is 0 Å². The number of aliphatic imine (C=N–C) groups is 1. The highest BCUT2D eigenvalue weighted by atomic mass is 16.2. The number of nitrogens with one attached hydrogen (secondary N) is 2. The number of nitrogens with zero attached hydrogens (tertiary/aromatic N) is 1. The predicted molar refractivity (Wildman–Crippen MR) is 76.4 cm³/mol. The Bertz CT molecular complexity index is 279. The van der Waals surface area contributed by atoms with E-state index in [0.29, 0.717) is 25.0 Å². The van der Waals surface area contributed by atoms with Gasteiger partial charge in [0.15, 0.2) is 5.96 Å². The average Bonchev–Trinajstić information content (AvgIpc) is 2.22. The summed E-state index contributed by atoms with van der Waals surface area (Å²) in [6.45, 7) is 11.9. The predicted octanol–water partition coefficient (Wildman–Crippen LogP) is 1.10. The summed E-state index contributed by atoms with van der Waals surface area (Å²) in [6.07, 6.45) is 1.03. The first-order valence-corrected chi connectivity index (χ1v) is 6.55. The lowest BCUT2D eigenvalue weighted by Gasteiger charge is -2.17. The fourth-order valence-electron chi connectivity index (χ4n) is 1.13. The van der Waals surface area contributed by atoms with Crippen molar-refractivity contribution in [2.24, 2.45) is 22.1 Å². The van der Waals surface area contributed by atoms with Gasteiger partial charge in [0.2, 0.25) is 5.91 Å². The molecule has 0 aliphatic rings. The maximum absolute atomic E-state index is 11.6. The molecule has 0 atom stereocenters. The van der Waals surface area contributed by atoms with Gasteiger partial charge in [-0.05, 0) is 12.3 Å². The number of guanidine groups is 1. The molecule has 5 nitrogen and oxygen atoms in total. The van der Waals surface area contributed by atoms with Gasteiger partial charge in [0, 0.05) is 25.0 Å². The third-order valence-corrected chi connectivity index (χ3v) is 2.39. The molecule has 0 radical (unpaired) electrons. The van der Waals surface area contributed by atoms with Crippen molar-refractivity contribution in [3.63, 3.8) is 0 Å². The fraction of sp³-hybridized carbons (Fsp3) is 0.846. The van der Waals surface area contributed by atoms with Crippen LogP contribution in [0, 0.1) is 11.3 Å². The first-order chi connectivity index (χ1) is 8.23. The van der Waals surface area contributed by atoms with Crippen molar-refractivity contribution in [2.45, 2.75) is 41.0 Å². The van der Waals surface area contributed by atoms with Gasteiger partial charge in [0.05, 0.1) is 0 Å². The molecule has 0 aromatic rings. The van der Waals surface area contributed by atoms with Crippen LogP contribution in [0.3, 0.4) is 0 Å². The zero-order valence-electron chi connectivity index (χ0n) is 12.3. The quantitative estimate of drug-likeness (QED) is 0.378. The number of hydrogen-bond acceptors (Lipinski definition) is 2. The molecule has 18 heavy (non-hydrogen) atoms. The second kappa shape index (κ2) is 7.95. The van der Waals surface area contributed by atoms with Crippen LogP contribution in [0.15, 0.2) is 4.99 Å². The van der Waals surface area contributed by atoms with E-state index in [1.807, 2.05) is 20.8 Å². The molecule has 0 fully saturated rings. The van der Waals surface area contributed by atoms with Gasteiger partial charge < -0.3 is 16.4 Å². The van der Waals surface area contributed by atoms with E-state index in [9.17, 15) is 4.79 Å². The molecule has 0 heterocycles. The highest BCUT2D eigenvalue weighted by Crippen LogP contribution is 2.11. The van der Waals surface area contributed by atoms with Crippen molar-refractivity contribution in [3.8, 4) is 0 Å². The van der Waals surface area contributed by atoms with E-state index >= 15 is 0 Å². The highest BCUT2D eigenvalue weighted by molar-refractivity contribution is 5.81. The normalized spacial score (nSPS) is 12.7. The maximum Gasteiger partial charge on any atom is 0.225 e. The molecule has 1 amide bonds. The second-order valence-electron chi connectivity index (χ2n) is 5.88. The van der Waals surface area contributed by atoms with Crippen molar-refractivity contribution in [2.75, 3.05) is 19.6 Å². The van der Waals surface area contributed by atoms with E-state index in [0.717, 1.165) is 13.0 Å². The van der Waals surface area contributed by atoms with Crippen LogP contribution in [0.1, 0.15) is 41.0 Å². The number of rotatable bonds is 6. The largest absolute Gasteiger partial charge is 0.370 e. The molecule has 5 heteroatoms. The number of amides is 1. The molecule has 4 N–H and O–H groups in total. The Labute approximate surface area is 111 Å². The molecule has 0 aliphatic carbocycles. The van der Waals surface area contributed by atoms with Crippen molar-refractivity contribution in [1.82, 2.24) is 10.6 Å². The third kappa shape index (κ3) is 8.84. The van der Waals surface area contributed by atoms with Gasteiger partial charge in [0.25, 0.3) is 0 Å². The summed E-state index contributed by atoms with van der Waals surface area (Å²) in [5.41, 5.74) is 5.34. The van der Waals surface area contributed by atoms with Crippen LogP contribution in [0.5, 0.6) is 0 Å². The van der Waals surface area contributed by atoms with Crippen LogP contribution in [-0.4, -0.2) is 31.5 Å². The Hall–Kier alpha value is -1.26. The van der Waals surface area contributed by atoms with E-state index in [1.54, 1.807) is 0 Å².